The summed E-state index contributed by atoms with van der Waals surface area (Å²) >= 11 is 0. The molecule has 4 nitrogen and oxygen atoms in total. The second-order valence-electron chi connectivity index (χ2n) is 11.5. The molecule has 1 heterocycles. The molecule has 3 aromatic carbocycles. The van der Waals surface area contributed by atoms with Gasteiger partial charge in [-0.25, -0.2) is 0 Å². The second-order valence-corrected chi connectivity index (χ2v) is 14.2. The summed E-state index contributed by atoms with van der Waals surface area (Å²) in [5.74, 6) is 2.62. The Labute approximate surface area is 224 Å². The highest BCUT2D eigenvalue weighted by atomic mass is 31.2. The van der Waals surface area contributed by atoms with Crippen LogP contribution in [0.3, 0.4) is 0 Å². The molecule has 0 aliphatic heterocycles. The maximum Gasteiger partial charge on any atom is 0.190 e. The van der Waals surface area contributed by atoms with Crippen LogP contribution in [0.4, 0.5) is 0 Å². The highest BCUT2D eigenvalue weighted by Crippen LogP contribution is 2.61. The van der Waals surface area contributed by atoms with Gasteiger partial charge in [-0.3, -0.25) is 0 Å². The van der Waals surface area contributed by atoms with Gasteiger partial charge in [0.05, 0.1) is 13.3 Å². The van der Waals surface area contributed by atoms with Gasteiger partial charge in [-0.1, -0.05) is 73.7 Å². The van der Waals surface area contributed by atoms with Crippen molar-refractivity contribution >= 4 is 23.2 Å². The maximum absolute atomic E-state index is 15.4. The summed E-state index contributed by atoms with van der Waals surface area (Å²) in [6, 6.07) is 26.5. The molecular formula is C33H33N2O2P. The molecule has 4 aromatic rings. The number of rotatable bonds is 4. The molecule has 7 rings (SSSR count). The Morgan fingerprint density at radius 3 is 2.32 bits per heavy atom. The third kappa shape index (κ3) is 3.39. The first-order valence-corrected chi connectivity index (χ1v) is 15.5. The molecular weight excluding hydrogens is 487 g/mol. The average Bonchev–Trinajstić information content (AvgIpc) is 3.30. The molecule has 38 heavy (non-hydrogen) atoms. The Morgan fingerprint density at radius 1 is 0.921 bits per heavy atom. The summed E-state index contributed by atoms with van der Waals surface area (Å²) in [5.41, 5.74) is 6.06. The topological polar surface area (TPSA) is 52.1 Å². The van der Waals surface area contributed by atoms with Gasteiger partial charge < -0.3 is 9.30 Å². The molecule has 0 radical (unpaired) electrons. The zero-order valence-corrected chi connectivity index (χ0v) is 22.9. The lowest BCUT2D eigenvalue weighted by Gasteiger charge is -2.49. The molecule has 5 heteroatoms. The minimum atomic E-state index is -3.21. The van der Waals surface area contributed by atoms with Crippen LogP contribution < -0.4 is 20.8 Å². The maximum atomic E-state index is 15.4. The van der Waals surface area contributed by atoms with Crippen LogP contribution in [0.25, 0.3) is 0 Å². The van der Waals surface area contributed by atoms with E-state index in [2.05, 4.69) is 30.2 Å². The molecule has 0 saturated heterocycles. The van der Waals surface area contributed by atoms with Gasteiger partial charge in [0.1, 0.15) is 11.2 Å². The summed E-state index contributed by atoms with van der Waals surface area (Å²) in [5, 5.41) is 10.9. The fraction of sp³-hybridized carbons (Fsp3) is 0.333. The van der Waals surface area contributed by atoms with Crippen molar-refractivity contribution in [3.05, 3.63) is 107 Å². The van der Waals surface area contributed by atoms with Crippen molar-refractivity contribution in [2.24, 2.45) is 11.8 Å². The summed E-state index contributed by atoms with van der Waals surface area (Å²) in [7, 11) is -1.46. The molecule has 0 spiro atoms. The number of nitrogens with zero attached hydrogens (tertiary/aromatic N) is 2. The molecule has 0 unspecified atom stereocenters. The largest absolute Gasteiger partial charge is 0.497 e. The lowest BCUT2D eigenvalue weighted by atomic mass is 9.55. The Kier molecular flexibility index (Phi) is 5.60. The highest BCUT2D eigenvalue weighted by molar-refractivity contribution is 7.85. The van der Waals surface area contributed by atoms with Crippen LogP contribution in [0, 0.1) is 11.8 Å². The van der Waals surface area contributed by atoms with Gasteiger partial charge >= 0.3 is 0 Å². The molecule has 192 valence electrons. The van der Waals surface area contributed by atoms with E-state index in [1.54, 1.807) is 7.11 Å². The molecule has 1 saturated carbocycles. The van der Waals surface area contributed by atoms with Crippen LogP contribution in [0.5, 0.6) is 5.75 Å². The van der Waals surface area contributed by atoms with E-state index in [4.69, 9.17) is 9.84 Å². The number of aromatic nitrogens is 2. The Hall–Kier alpha value is -3.23. The molecule has 0 N–H and O–H groups in total. The Balaban J connectivity index is 1.36. The summed E-state index contributed by atoms with van der Waals surface area (Å²) < 4.78 is 20.9. The third-order valence-corrected chi connectivity index (χ3v) is 12.7. The van der Waals surface area contributed by atoms with Gasteiger partial charge in [0, 0.05) is 10.6 Å². The standard InChI is InChI=1S/C33H33N2O2P/c1-33-18-17-28-27-16-14-24(37-2)19-22(27)13-15-29(28)30(33)20-23-21-34-35-32(31(23)33)38(36,25-9-5-3-6-10-25)26-11-7-4-8-12-26/h3-12,14,16,19,21,28-30H,13,15,17-18,20H2,1-2H3/t28-,29-,30+,33+/m1/s1. The third-order valence-electron chi connectivity index (χ3n) is 9.78. The summed E-state index contributed by atoms with van der Waals surface area (Å²) in [6.45, 7) is 2.43. The molecule has 0 amide bonds. The second kappa shape index (κ2) is 8.92. The molecule has 3 aliphatic carbocycles. The highest BCUT2D eigenvalue weighted by Gasteiger charge is 2.55. The van der Waals surface area contributed by atoms with Crippen molar-refractivity contribution in [3.8, 4) is 5.75 Å². The Morgan fingerprint density at radius 2 is 1.63 bits per heavy atom. The van der Waals surface area contributed by atoms with Crippen molar-refractivity contribution in [1.29, 1.82) is 0 Å². The normalized spacial score (nSPS) is 25.6. The van der Waals surface area contributed by atoms with Crippen molar-refractivity contribution in [2.45, 2.75) is 50.4 Å². The molecule has 3 aliphatic rings. The number of aryl methyl sites for hydroxylation is 1. The van der Waals surface area contributed by atoms with E-state index in [1.165, 1.54) is 28.7 Å². The van der Waals surface area contributed by atoms with Gasteiger partial charge in [-0.15, -0.1) is 5.10 Å². The van der Waals surface area contributed by atoms with E-state index >= 15 is 4.57 Å². The number of methoxy groups -OCH3 is 1. The van der Waals surface area contributed by atoms with Crippen molar-refractivity contribution in [2.75, 3.05) is 7.11 Å². The van der Waals surface area contributed by atoms with Gasteiger partial charge in [-0.05, 0) is 89.7 Å². The van der Waals surface area contributed by atoms with Crippen molar-refractivity contribution in [1.82, 2.24) is 10.2 Å². The van der Waals surface area contributed by atoms with Crippen LogP contribution >= 0.6 is 7.14 Å². The summed E-state index contributed by atoms with van der Waals surface area (Å²) in [6.07, 6.45) is 7.43. The van der Waals surface area contributed by atoms with Crippen LogP contribution in [-0.4, -0.2) is 17.3 Å². The lowest BCUT2D eigenvalue weighted by Crippen LogP contribution is -2.45. The van der Waals surface area contributed by atoms with Gasteiger partial charge in [0.25, 0.3) is 0 Å². The smallest absolute Gasteiger partial charge is 0.190 e. The molecule has 4 atom stereocenters. The minimum absolute atomic E-state index is 0.0645. The number of hydrogen-bond acceptors (Lipinski definition) is 4. The SMILES string of the molecule is COc1ccc2c(c1)CC[C@@H]1[C@@H]2CC[C@]2(C)c3c(cnnc3P(=O)(c3ccccc3)c3ccccc3)C[C@@H]12. The van der Waals surface area contributed by atoms with Crippen LogP contribution in [0.1, 0.15) is 54.4 Å². The van der Waals surface area contributed by atoms with E-state index in [9.17, 15) is 0 Å². The zero-order valence-electron chi connectivity index (χ0n) is 22.0. The molecule has 1 aromatic heterocycles. The quantitative estimate of drug-likeness (QED) is 0.324. The zero-order chi connectivity index (χ0) is 25.9. The number of ether oxygens (including phenoxy) is 1. The predicted molar refractivity (Wildman–Crippen MR) is 153 cm³/mol. The summed E-state index contributed by atoms with van der Waals surface area (Å²) in [4.78, 5) is 0. The van der Waals surface area contributed by atoms with E-state index in [1.807, 2.05) is 66.9 Å². The van der Waals surface area contributed by atoms with Crippen LogP contribution in [0.2, 0.25) is 0 Å². The number of hydrogen-bond donors (Lipinski definition) is 0. The minimum Gasteiger partial charge on any atom is -0.497 e. The first kappa shape index (κ1) is 23.9. The number of fused-ring (bicyclic) bond motifs is 7. The van der Waals surface area contributed by atoms with Gasteiger partial charge in [-0.2, -0.15) is 5.10 Å². The first-order valence-electron chi connectivity index (χ1n) is 13.8. The van der Waals surface area contributed by atoms with E-state index in [-0.39, 0.29) is 5.41 Å². The van der Waals surface area contributed by atoms with E-state index < -0.39 is 7.14 Å². The first-order chi connectivity index (χ1) is 18.5. The Bertz CT molecular complexity index is 1510. The fourth-order valence-corrected chi connectivity index (χ4v) is 10.9. The van der Waals surface area contributed by atoms with Crippen LogP contribution in [-0.2, 0) is 22.8 Å². The fourth-order valence-electron chi connectivity index (χ4n) is 8.01. The van der Waals surface area contributed by atoms with E-state index in [0.29, 0.717) is 23.2 Å². The number of benzene rings is 3. The predicted octanol–water partition coefficient (Wildman–Crippen LogP) is 5.69. The van der Waals surface area contributed by atoms with E-state index in [0.717, 1.165) is 42.0 Å². The van der Waals surface area contributed by atoms with Crippen molar-refractivity contribution in [3.63, 3.8) is 0 Å². The lowest BCUT2D eigenvalue weighted by molar-refractivity contribution is 0.106. The molecule has 0 bridgehead atoms. The van der Waals surface area contributed by atoms with Gasteiger partial charge in [0.15, 0.2) is 7.14 Å². The monoisotopic (exact) mass is 520 g/mol. The van der Waals surface area contributed by atoms with Gasteiger partial charge in [0.2, 0.25) is 0 Å². The van der Waals surface area contributed by atoms with Crippen LogP contribution in [0.15, 0.2) is 85.1 Å². The molecule has 1 fully saturated rings. The van der Waals surface area contributed by atoms with Crippen molar-refractivity contribution < 1.29 is 9.30 Å². The average molecular weight is 521 g/mol.